The van der Waals surface area contributed by atoms with Crippen LogP contribution in [0.15, 0.2) is 40.9 Å². The lowest BCUT2D eigenvalue weighted by Crippen LogP contribution is -2.07. The summed E-state index contributed by atoms with van der Waals surface area (Å²) in [4.78, 5) is 0. The molecule has 0 heterocycles. The normalized spacial score (nSPS) is 11.0. The minimum Gasteiger partial charge on any atom is -0.486 e. The molecule has 0 aliphatic rings. The molecule has 0 fully saturated rings. The van der Waals surface area contributed by atoms with Crippen molar-refractivity contribution in [1.82, 2.24) is 0 Å². The first-order valence-electron chi connectivity index (χ1n) is 4.76. The minimum absolute atomic E-state index is 0.444. The molecule has 2 rings (SSSR count). The number of hydrogen-bond acceptors (Lipinski definition) is 1. The molecule has 0 saturated carbocycles. The van der Waals surface area contributed by atoms with Gasteiger partial charge in [0.1, 0.15) is 12.4 Å². The van der Waals surface area contributed by atoms with E-state index in [9.17, 15) is 8.78 Å². The standard InChI is InChI=1S/C12H9BrF2O/c13-12-9-4-2-1-3-8(9)5-6-10(12)16-7-11(14)15/h1-6,11H,7H2. The number of ether oxygens (including phenoxy) is 1. The van der Waals surface area contributed by atoms with Gasteiger partial charge in [-0.3, -0.25) is 0 Å². The van der Waals surface area contributed by atoms with Crippen LogP contribution in [0.25, 0.3) is 10.8 Å². The minimum atomic E-state index is -2.46. The summed E-state index contributed by atoms with van der Waals surface area (Å²) in [5.41, 5.74) is 0. The van der Waals surface area contributed by atoms with E-state index >= 15 is 0 Å². The van der Waals surface area contributed by atoms with Crippen molar-refractivity contribution in [1.29, 1.82) is 0 Å². The van der Waals surface area contributed by atoms with Crippen LogP contribution in [0.5, 0.6) is 5.75 Å². The van der Waals surface area contributed by atoms with E-state index in [2.05, 4.69) is 15.9 Å². The van der Waals surface area contributed by atoms with Crippen molar-refractivity contribution in [3.63, 3.8) is 0 Å². The lowest BCUT2D eigenvalue weighted by Gasteiger charge is -2.09. The molecule has 0 atom stereocenters. The summed E-state index contributed by atoms with van der Waals surface area (Å²) < 4.78 is 29.8. The van der Waals surface area contributed by atoms with Gasteiger partial charge in [0.15, 0.2) is 0 Å². The lowest BCUT2D eigenvalue weighted by molar-refractivity contribution is 0.0816. The maximum absolute atomic E-state index is 12.0. The topological polar surface area (TPSA) is 9.23 Å². The largest absolute Gasteiger partial charge is 0.486 e. The fourth-order valence-electron chi connectivity index (χ4n) is 1.48. The first-order valence-corrected chi connectivity index (χ1v) is 5.56. The van der Waals surface area contributed by atoms with E-state index in [1.807, 2.05) is 30.3 Å². The summed E-state index contributed by atoms with van der Waals surface area (Å²) in [5, 5.41) is 1.99. The highest BCUT2D eigenvalue weighted by molar-refractivity contribution is 9.10. The molecule has 1 nitrogen and oxygen atoms in total. The van der Waals surface area contributed by atoms with Gasteiger partial charge >= 0.3 is 0 Å². The van der Waals surface area contributed by atoms with Gasteiger partial charge in [-0.25, -0.2) is 8.78 Å². The van der Waals surface area contributed by atoms with E-state index in [4.69, 9.17) is 4.74 Å². The van der Waals surface area contributed by atoms with Crippen molar-refractivity contribution < 1.29 is 13.5 Å². The summed E-state index contributed by atoms with van der Waals surface area (Å²) in [6.07, 6.45) is -2.46. The molecule has 84 valence electrons. The van der Waals surface area contributed by atoms with Crippen LogP contribution in [0.4, 0.5) is 8.78 Å². The van der Waals surface area contributed by atoms with Gasteiger partial charge in [-0.05, 0) is 32.8 Å². The Labute approximate surface area is 100 Å². The average molecular weight is 287 g/mol. The van der Waals surface area contributed by atoms with Crippen LogP contribution in [0.2, 0.25) is 0 Å². The Balaban J connectivity index is 2.37. The van der Waals surface area contributed by atoms with Gasteiger partial charge in [-0.15, -0.1) is 0 Å². The second-order valence-electron chi connectivity index (χ2n) is 3.30. The zero-order valence-corrected chi connectivity index (χ0v) is 9.88. The lowest BCUT2D eigenvalue weighted by atomic mass is 10.1. The van der Waals surface area contributed by atoms with Crippen LogP contribution >= 0.6 is 15.9 Å². The van der Waals surface area contributed by atoms with Crippen molar-refractivity contribution in [2.24, 2.45) is 0 Å². The SMILES string of the molecule is FC(F)COc1ccc2ccccc2c1Br. The maximum Gasteiger partial charge on any atom is 0.272 e. The number of halogens is 3. The Morgan fingerprint density at radius 1 is 1.12 bits per heavy atom. The Morgan fingerprint density at radius 2 is 1.88 bits per heavy atom. The molecule has 0 aromatic heterocycles. The summed E-state index contributed by atoms with van der Waals surface area (Å²) in [7, 11) is 0. The number of rotatable bonds is 3. The van der Waals surface area contributed by atoms with Crippen molar-refractivity contribution in [2.45, 2.75) is 6.43 Å². The molecule has 0 spiro atoms. The molecule has 0 amide bonds. The monoisotopic (exact) mass is 286 g/mol. The molecule has 0 unspecified atom stereocenters. The summed E-state index contributed by atoms with van der Waals surface area (Å²) in [6.45, 7) is -0.586. The van der Waals surface area contributed by atoms with Gasteiger partial charge in [0, 0.05) is 0 Å². The van der Waals surface area contributed by atoms with Crippen LogP contribution in [-0.2, 0) is 0 Å². The Hall–Kier alpha value is -1.16. The molecule has 0 saturated heterocycles. The third-order valence-corrected chi connectivity index (χ3v) is 3.01. The van der Waals surface area contributed by atoms with E-state index in [0.29, 0.717) is 10.2 Å². The Kier molecular flexibility index (Phi) is 3.39. The zero-order valence-electron chi connectivity index (χ0n) is 8.29. The predicted octanol–water partition coefficient (Wildman–Crippen LogP) is 4.25. The quantitative estimate of drug-likeness (QED) is 0.820. The highest BCUT2D eigenvalue weighted by Crippen LogP contribution is 2.33. The predicted molar refractivity (Wildman–Crippen MR) is 63.1 cm³/mol. The number of fused-ring (bicyclic) bond motifs is 1. The van der Waals surface area contributed by atoms with Crippen molar-refractivity contribution >= 4 is 26.7 Å². The first kappa shape index (κ1) is 11.3. The highest BCUT2D eigenvalue weighted by atomic mass is 79.9. The second kappa shape index (κ2) is 4.78. The van der Waals surface area contributed by atoms with Crippen LogP contribution in [0.3, 0.4) is 0 Å². The molecule has 2 aromatic rings. The van der Waals surface area contributed by atoms with Crippen LogP contribution in [0.1, 0.15) is 0 Å². The zero-order chi connectivity index (χ0) is 11.5. The van der Waals surface area contributed by atoms with Gasteiger partial charge in [-0.2, -0.15) is 0 Å². The fourth-order valence-corrected chi connectivity index (χ4v) is 2.09. The van der Waals surface area contributed by atoms with Crippen molar-refractivity contribution in [3.8, 4) is 5.75 Å². The number of alkyl halides is 2. The highest BCUT2D eigenvalue weighted by Gasteiger charge is 2.08. The van der Waals surface area contributed by atoms with E-state index in [1.165, 1.54) is 0 Å². The fraction of sp³-hybridized carbons (Fsp3) is 0.167. The molecule has 2 aromatic carbocycles. The van der Waals surface area contributed by atoms with Crippen LogP contribution in [-0.4, -0.2) is 13.0 Å². The molecule has 0 aliphatic heterocycles. The van der Waals surface area contributed by atoms with Crippen molar-refractivity contribution in [2.75, 3.05) is 6.61 Å². The van der Waals surface area contributed by atoms with Gasteiger partial charge in [0.05, 0.1) is 4.47 Å². The number of hydrogen-bond donors (Lipinski definition) is 0. The van der Waals surface area contributed by atoms with Gasteiger partial charge in [0.2, 0.25) is 0 Å². The van der Waals surface area contributed by atoms with E-state index in [-0.39, 0.29) is 0 Å². The van der Waals surface area contributed by atoms with E-state index < -0.39 is 13.0 Å². The van der Waals surface area contributed by atoms with Crippen LogP contribution < -0.4 is 4.74 Å². The molecule has 0 radical (unpaired) electrons. The van der Waals surface area contributed by atoms with E-state index in [0.717, 1.165) is 10.8 Å². The Bertz CT molecular complexity index is 499. The molecular formula is C12H9BrF2O. The van der Waals surface area contributed by atoms with Gasteiger partial charge in [0.25, 0.3) is 6.43 Å². The second-order valence-corrected chi connectivity index (χ2v) is 4.09. The molecule has 0 bridgehead atoms. The maximum atomic E-state index is 12.0. The third kappa shape index (κ3) is 2.32. The number of benzene rings is 2. The average Bonchev–Trinajstić information content (AvgIpc) is 2.28. The van der Waals surface area contributed by atoms with Gasteiger partial charge < -0.3 is 4.74 Å². The Morgan fingerprint density at radius 3 is 2.62 bits per heavy atom. The first-order chi connectivity index (χ1) is 7.68. The van der Waals surface area contributed by atoms with Gasteiger partial charge in [-0.1, -0.05) is 30.3 Å². The molecule has 4 heteroatoms. The molecular weight excluding hydrogens is 278 g/mol. The van der Waals surface area contributed by atoms with E-state index in [1.54, 1.807) is 6.07 Å². The molecule has 0 aliphatic carbocycles. The smallest absolute Gasteiger partial charge is 0.272 e. The molecule has 0 N–H and O–H groups in total. The summed E-state index contributed by atoms with van der Waals surface area (Å²) >= 11 is 3.36. The summed E-state index contributed by atoms with van der Waals surface area (Å²) in [6, 6.07) is 11.2. The third-order valence-electron chi connectivity index (χ3n) is 2.19. The molecule has 16 heavy (non-hydrogen) atoms. The summed E-state index contributed by atoms with van der Waals surface area (Å²) in [5.74, 6) is 0.444. The van der Waals surface area contributed by atoms with Crippen LogP contribution in [0, 0.1) is 0 Å². The van der Waals surface area contributed by atoms with Crippen molar-refractivity contribution in [3.05, 3.63) is 40.9 Å².